The zero-order valence-electron chi connectivity index (χ0n) is 11.2. The van der Waals surface area contributed by atoms with Crippen LogP contribution < -0.4 is 10.5 Å². The number of para-hydroxylation sites is 1. The number of halogens is 1. The van der Waals surface area contributed by atoms with Gasteiger partial charge in [-0.15, -0.1) is 11.3 Å². The van der Waals surface area contributed by atoms with Gasteiger partial charge in [-0.1, -0.05) is 30.3 Å². The lowest BCUT2D eigenvalue weighted by Crippen LogP contribution is -2.10. The van der Waals surface area contributed by atoms with Crippen molar-refractivity contribution in [1.82, 2.24) is 0 Å². The molecular formula is C17H14INOS. The Labute approximate surface area is 141 Å². The highest BCUT2D eigenvalue weighted by atomic mass is 127. The topological polar surface area (TPSA) is 35.2 Å². The lowest BCUT2D eigenvalue weighted by atomic mass is 10.0. The van der Waals surface area contributed by atoms with Crippen molar-refractivity contribution in [2.75, 3.05) is 0 Å². The molecule has 0 aliphatic heterocycles. The maximum Gasteiger partial charge on any atom is 0.127 e. The normalized spacial score (nSPS) is 12.1. The largest absolute Gasteiger partial charge is 0.457 e. The van der Waals surface area contributed by atoms with Crippen LogP contribution in [0.15, 0.2) is 66.0 Å². The summed E-state index contributed by atoms with van der Waals surface area (Å²) in [4.78, 5) is 0. The van der Waals surface area contributed by atoms with Gasteiger partial charge in [-0.3, -0.25) is 0 Å². The molecule has 0 spiro atoms. The predicted octanol–water partition coefficient (Wildman–Crippen LogP) is 5.19. The zero-order chi connectivity index (χ0) is 14.7. The maximum absolute atomic E-state index is 6.29. The molecule has 3 rings (SSSR count). The summed E-state index contributed by atoms with van der Waals surface area (Å²) < 4.78 is 7.03. The molecule has 1 unspecified atom stereocenters. The quantitative estimate of drug-likeness (QED) is 0.604. The summed E-state index contributed by atoms with van der Waals surface area (Å²) in [6.45, 7) is 0. The minimum Gasteiger partial charge on any atom is -0.457 e. The van der Waals surface area contributed by atoms with Crippen molar-refractivity contribution in [1.29, 1.82) is 0 Å². The van der Waals surface area contributed by atoms with E-state index in [-0.39, 0.29) is 6.04 Å². The summed E-state index contributed by atoms with van der Waals surface area (Å²) in [5, 5.41) is 2.11. The van der Waals surface area contributed by atoms with Gasteiger partial charge in [-0.2, -0.15) is 0 Å². The molecule has 1 heterocycles. The molecule has 1 aromatic heterocycles. The van der Waals surface area contributed by atoms with Crippen LogP contribution in [0.25, 0.3) is 0 Å². The Hall–Kier alpha value is -1.37. The number of hydrogen-bond donors (Lipinski definition) is 1. The van der Waals surface area contributed by atoms with Crippen molar-refractivity contribution in [2.45, 2.75) is 6.04 Å². The Kier molecular flexibility index (Phi) is 4.57. The van der Waals surface area contributed by atoms with Crippen LogP contribution in [-0.2, 0) is 0 Å². The molecule has 21 heavy (non-hydrogen) atoms. The first-order valence-electron chi connectivity index (χ1n) is 6.55. The van der Waals surface area contributed by atoms with Gasteiger partial charge in [-0.25, -0.2) is 0 Å². The van der Waals surface area contributed by atoms with Crippen LogP contribution in [0.1, 0.15) is 17.2 Å². The minimum absolute atomic E-state index is 0.0875. The van der Waals surface area contributed by atoms with Crippen molar-refractivity contribution >= 4 is 33.9 Å². The summed E-state index contributed by atoms with van der Waals surface area (Å²) in [5.74, 6) is 1.65. The molecule has 2 nitrogen and oxygen atoms in total. The van der Waals surface area contributed by atoms with Crippen molar-refractivity contribution in [3.8, 4) is 11.5 Å². The van der Waals surface area contributed by atoms with E-state index in [1.807, 2.05) is 54.6 Å². The number of ether oxygens (including phenoxy) is 1. The molecule has 0 amide bonds. The van der Waals surface area contributed by atoms with Crippen LogP contribution in [0.2, 0.25) is 0 Å². The summed E-state index contributed by atoms with van der Waals surface area (Å²) in [5.41, 5.74) is 8.54. The van der Waals surface area contributed by atoms with E-state index in [0.29, 0.717) is 0 Å². The molecule has 0 fully saturated rings. The number of hydrogen-bond acceptors (Lipinski definition) is 3. The standard InChI is InChI=1S/C17H14INOS/c18-16-10-13(11-21-16)17(19)12-6-8-15(9-7-12)20-14-4-2-1-3-5-14/h1-11,17H,19H2. The van der Waals surface area contributed by atoms with E-state index in [9.17, 15) is 0 Å². The zero-order valence-corrected chi connectivity index (χ0v) is 14.2. The van der Waals surface area contributed by atoms with E-state index in [1.165, 1.54) is 2.88 Å². The molecule has 106 valence electrons. The Morgan fingerprint density at radius 2 is 1.57 bits per heavy atom. The van der Waals surface area contributed by atoms with E-state index in [2.05, 4.69) is 34.0 Å². The highest BCUT2D eigenvalue weighted by Crippen LogP contribution is 2.28. The summed E-state index contributed by atoms with van der Waals surface area (Å²) in [6.07, 6.45) is 0. The van der Waals surface area contributed by atoms with Gasteiger partial charge >= 0.3 is 0 Å². The van der Waals surface area contributed by atoms with E-state index >= 15 is 0 Å². The Morgan fingerprint density at radius 1 is 0.905 bits per heavy atom. The number of benzene rings is 2. The van der Waals surface area contributed by atoms with Crippen molar-refractivity contribution in [2.24, 2.45) is 5.73 Å². The molecule has 4 heteroatoms. The van der Waals surface area contributed by atoms with E-state index in [4.69, 9.17) is 10.5 Å². The van der Waals surface area contributed by atoms with Crippen LogP contribution in [0.5, 0.6) is 11.5 Å². The Morgan fingerprint density at radius 3 is 2.19 bits per heavy atom. The molecule has 1 atom stereocenters. The Balaban J connectivity index is 1.75. The average molecular weight is 407 g/mol. The fourth-order valence-electron chi connectivity index (χ4n) is 2.05. The van der Waals surface area contributed by atoms with Crippen LogP contribution >= 0.6 is 33.9 Å². The lowest BCUT2D eigenvalue weighted by molar-refractivity contribution is 0.482. The summed E-state index contributed by atoms with van der Waals surface area (Å²) in [6, 6.07) is 19.8. The smallest absolute Gasteiger partial charge is 0.127 e. The SMILES string of the molecule is NC(c1ccc(Oc2ccccc2)cc1)c1csc(I)c1. The van der Waals surface area contributed by atoms with Gasteiger partial charge in [0.15, 0.2) is 0 Å². The van der Waals surface area contributed by atoms with Gasteiger partial charge in [0.25, 0.3) is 0 Å². The minimum atomic E-state index is -0.0875. The molecular weight excluding hydrogens is 393 g/mol. The molecule has 0 aliphatic carbocycles. The Bertz CT molecular complexity index is 709. The highest BCUT2D eigenvalue weighted by molar-refractivity contribution is 14.1. The van der Waals surface area contributed by atoms with Crippen molar-refractivity contribution < 1.29 is 4.74 Å². The van der Waals surface area contributed by atoms with Crippen molar-refractivity contribution in [3.63, 3.8) is 0 Å². The molecule has 2 aromatic carbocycles. The average Bonchev–Trinajstić information content (AvgIpc) is 2.95. The third-order valence-electron chi connectivity index (χ3n) is 3.16. The first kappa shape index (κ1) is 14.6. The second kappa shape index (κ2) is 6.60. The van der Waals surface area contributed by atoms with E-state index in [0.717, 1.165) is 22.6 Å². The fraction of sp³-hybridized carbons (Fsp3) is 0.0588. The molecule has 0 radical (unpaired) electrons. The number of nitrogens with two attached hydrogens (primary N) is 1. The maximum atomic E-state index is 6.29. The molecule has 0 saturated carbocycles. The van der Waals surface area contributed by atoms with Gasteiger partial charge in [-0.05, 0) is 69.4 Å². The lowest BCUT2D eigenvalue weighted by Gasteiger charge is -2.11. The first-order chi connectivity index (χ1) is 10.2. The van der Waals surface area contributed by atoms with Gasteiger partial charge in [0.2, 0.25) is 0 Å². The van der Waals surface area contributed by atoms with Gasteiger partial charge in [0.05, 0.1) is 8.93 Å². The van der Waals surface area contributed by atoms with E-state index in [1.54, 1.807) is 11.3 Å². The second-order valence-electron chi connectivity index (χ2n) is 4.65. The number of rotatable bonds is 4. The third-order valence-corrected chi connectivity index (χ3v) is 4.97. The predicted molar refractivity (Wildman–Crippen MR) is 96.0 cm³/mol. The van der Waals surface area contributed by atoms with Gasteiger partial charge in [0, 0.05) is 0 Å². The fourth-order valence-corrected chi connectivity index (χ4v) is 3.46. The second-order valence-corrected chi connectivity index (χ2v) is 7.45. The first-order valence-corrected chi connectivity index (χ1v) is 8.50. The summed E-state index contributed by atoms with van der Waals surface area (Å²) >= 11 is 4.03. The molecule has 0 saturated heterocycles. The molecule has 2 N–H and O–H groups in total. The van der Waals surface area contributed by atoms with Crippen LogP contribution in [0.3, 0.4) is 0 Å². The molecule has 0 bridgehead atoms. The van der Waals surface area contributed by atoms with Gasteiger partial charge in [0.1, 0.15) is 11.5 Å². The van der Waals surface area contributed by atoms with Crippen molar-refractivity contribution in [3.05, 3.63) is 80.1 Å². The highest BCUT2D eigenvalue weighted by Gasteiger charge is 2.10. The molecule has 0 aliphatic rings. The molecule has 3 aromatic rings. The van der Waals surface area contributed by atoms with Crippen LogP contribution in [0.4, 0.5) is 0 Å². The number of thiophene rings is 1. The van der Waals surface area contributed by atoms with E-state index < -0.39 is 0 Å². The van der Waals surface area contributed by atoms with Crippen LogP contribution in [0, 0.1) is 2.88 Å². The monoisotopic (exact) mass is 407 g/mol. The van der Waals surface area contributed by atoms with Gasteiger partial charge < -0.3 is 10.5 Å². The van der Waals surface area contributed by atoms with Crippen LogP contribution in [-0.4, -0.2) is 0 Å². The third kappa shape index (κ3) is 3.64. The summed E-state index contributed by atoms with van der Waals surface area (Å²) in [7, 11) is 0.